The Bertz CT molecular complexity index is 3090. The Morgan fingerprint density at radius 2 is 1.21 bits per heavy atom. The Morgan fingerprint density at radius 3 is 2.10 bits per heavy atom. The molecule has 0 bridgehead atoms. The number of fused-ring (bicyclic) bond motifs is 8. The molecule has 0 spiro atoms. The first-order valence-electron chi connectivity index (χ1n) is 17.6. The first-order chi connectivity index (χ1) is 25.8. The van der Waals surface area contributed by atoms with Crippen LogP contribution in [-0.2, 0) is 0 Å². The summed E-state index contributed by atoms with van der Waals surface area (Å²) in [5.74, 6) is 1.97. The Morgan fingerprint density at radius 1 is 0.500 bits per heavy atom. The third kappa shape index (κ3) is 4.46. The maximum atomic E-state index is 6.63. The summed E-state index contributed by atoms with van der Waals surface area (Å²) in [4.78, 5) is 15.6. The van der Waals surface area contributed by atoms with E-state index in [2.05, 4.69) is 91.0 Å². The molecule has 3 heterocycles. The van der Waals surface area contributed by atoms with Crippen molar-refractivity contribution < 1.29 is 8.83 Å². The zero-order valence-corrected chi connectivity index (χ0v) is 27.9. The summed E-state index contributed by atoms with van der Waals surface area (Å²) >= 11 is 0. The lowest BCUT2D eigenvalue weighted by Gasteiger charge is -2.29. The largest absolute Gasteiger partial charge is 0.456 e. The van der Waals surface area contributed by atoms with Gasteiger partial charge in [-0.15, -0.1) is 0 Å². The van der Waals surface area contributed by atoms with Crippen molar-refractivity contribution in [2.24, 2.45) is 5.92 Å². The summed E-state index contributed by atoms with van der Waals surface area (Å²) < 4.78 is 13.1. The molecule has 0 aliphatic heterocycles. The molecule has 3 aromatic heterocycles. The number of benzene rings is 6. The van der Waals surface area contributed by atoms with Crippen molar-refractivity contribution in [2.45, 2.75) is 5.92 Å². The van der Waals surface area contributed by atoms with Crippen molar-refractivity contribution in [3.63, 3.8) is 0 Å². The SMILES string of the molecule is C1=CC2=c3ccccc3=CC(c3cc(-c4nc(-c5ccccc5)nc(-c5cccc6c5oc5ccccc56)n4)c4c(c3)oc3ccccc34)C2C=C1. The Balaban J connectivity index is 1.20. The van der Waals surface area contributed by atoms with Gasteiger partial charge >= 0.3 is 0 Å². The van der Waals surface area contributed by atoms with Crippen LogP contribution >= 0.6 is 0 Å². The average Bonchev–Trinajstić information content (AvgIpc) is 3.79. The molecular weight excluding hydrogens is 639 g/mol. The van der Waals surface area contributed by atoms with E-state index in [4.69, 9.17) is 23.8 Å². The van der Waals surface area contributed by atoms with Gasteiger partial charge in [-0.25, -0.2) is 15.0 Å². The van der Waals surface area contributed by atoms with Crippen molar-refractivity contribution >= 4 is 55.5 Å². The second-order valence-electron chi connectivity index (χ2n) is 13.5. The molecule has 2 atom stereocenters. The number of hydrogen-bond donors (Lipinski definition) is 0. The summed E-state index contributed by atoms with van der Waals surface area (Å²) in [5, 5.41) is 6.60. The maximum Gasteiger partial charge on any atom is 0.167 e. The van der Waals surface area contributed by atoms with E-state index in [9.17, 15) is 0 Å². The number of nitrogens with zero attached hydrogens (tertiary/aromatic N) is 3. The van der Waals surface area contributed by atoms with Gasteiger partial charge < -0.3 is 8.83 Å². The topological polar surface area (TPSA) is 65.0 Å². The zero-order chi connectivity index (χ0) is 34.2. The molecule has 9 aromatic rings. The second kappa shape index (κ2) is 11.3. The van der Waals surface area contributed by atoms with Gasteiger partial charge in [-0.05, 0) is 51.9 Å². The van der Waals surface area contributed by atoms with E-state index in [1.807, 2.05) is 72.8 Å². The summed E-state index contributed by atoms with van der Waals surface area (Å²) in [6.45, 7) is 0. The zero-order valence-electron chi connectivity index (χ0n) is 27.9. The van der Waals surface area contributed by atoms with E-state index < -0.39 is 0 Å². The molecule has 0 N–H and O–H groups in total. The molecule has 2 aliphatic rings. The highest BCUT2D eigenvalue weighted by Crippen LogP contribution is 2.43. The van der Waals surface area contributed by atoms with Crippen molar-refractivity contribution in [3.8, 4) is 34.2 Å². The van der Waals surface area contributed by atoms with Gasteiger partial charge in [0.25, 0.3) is 0 Å². The molecule has 6 aromatic carbocycles. The molecule has 5 heteroatoms. The van der Waals surface area contributed by atoms with E-state index >= 15 is 0 Å². The van der Waals surface area contributed by atoms with Gasteiger partial charge in [0, 0.05) is 44.5 Å². The van der Waals surface area contributed by atoms with E-state index in [0.29, 0.717) is 17.5 Å². The number of para-hydroxylation sites is 3. The van der Waals surface area contributed by atoms with Crippen LogP contribution in [0.4, 0.5) is 0 Å². The third-order valence-electron chi connectivity index (χ3n) is 10.5. The van der Waals surface area contributed by atoms with E-state index in [0.717, 1.165) is 66.1 Å². The van der Waals surface area contributed by atoms with Crippen molar-refractivity contribution in [1.82, 2.24) is 15.0 Å². The highest BCUT2D eigenvalue weighted by Gasteiger charge is 2.29. The fourth-order valence-electron chi connectivity index (χ4n) is 8.15. The minimum absolute atomic E-state index is 0.0710. The van der Waals surface area contributed by atoms with Crippen LogP contribution in [-0.4, -0.2) is 15.0 Å². The minimum atomic E-state index is 0.0710. The van der Waals surface area contributed by atoms with Gasteiger partial charge in [-0.2, -0.15) is 0 Å². The number of allylic oxidation sites excluding steroid dienone is 4. The maximum absolute atomic E-state index is 6.63. The van der Waals surface area contributed by atoms with Crippen LogP contribution in [0, 0.1) is 5.92 Å². The van der Waals surface area contributed by atoms with Crippen molar-refractivity contribution in [2.75, 3.05) is 0 Å². The molecule has 52 heavy (non-hydrogen) atoms. The first-order valence-corrected chi connectivity index (χ1v) is 17.6. The van der Waals surface area contributed by atoms with Crippen LogP contribution in [0.2, 0.25) is 0 Å². The van der Waals surface area contributed by atoms with E-state index in [-0.39, 0.29) is 11.8 Å². The van der Waals surface area contributed by atoms with Gasteiger partial charge in [0.15, 0.2) is 17.5 Å². The van der Waals surface area contributed by atoms with Gasteiger partial charge in [0.1, 0.15) is 22.3 Å². The van der Waals surface area contributed by atoms with Crippen molar-refractivity contribution in [3.05, 3.63) is 174 Å². The fourth-order valence-corrected chi connectivity index (χ4v) is 8.15. The molecule has 2 aliphatic carbocycles. The van der Waals surface area contributed by atoms with Crippen LogP contribution in [0.3, 0.4) is 0 Å². The number of hydrogen-bond acceptors (Lipinski definition) is 5. The van der Waals surface area contributed by atoms with Crippen LogP contribution in [0.5, 0.6) is 0 Å². The molecule has 0 fully saturated rings. The van der Waals surface area contributed by atoms with Crippen LogP contribution < -0.4 is 10.4 Å². The minimum Gasteiger partial charge on any atom is -0.456 e. The molecule has 0 radical (unpaired) electrons. The average molecular weight is 668 g/mol. The van der Waals surface area contributed by atoms with Crippen LogP contribution in [0.1, 0.15) is 11.5 Å². The highest BCUT2D eigenvalue weighted by atomic mass is 16.3. The van der Waals surface area contributed by atoms with Gasteiger partial charge in [-0.3, -0.25) is 0 Å². The molecule has 2 unspecified atom stereocenters. The summed E-state index contributed by atoms with van der Waals surface area (Å²) in [6, 6.07) is 45.8. The standard InChI is InChI=1S/C47H29N3O2/c1-2-13-28(14-3-1)45-48-46(37-22-12-21-35-34-19-8-10-23-40(34)52-44(35)37)50-47(49-45)39-26-30(27-42-43(39)36-20-9-11-24-41(36)51-42)38-25-29-15-4-5-16-31(29)32-17-6-7-18-33(32)38/h1-27,33,38H. The third-order valence-corrected chi connectivity index (χ3v) is 10.5. The Labute approximate surface area is 298 Å². The van der Waals surface area contributed by atoms with E-state index in [1.165, 1.54) is 16.0 Å². The second-order valence-corrected chi connectivity index (χ2v) is 13.5. The number of furan rings is 2. The molecular formula is C47H29N3O2. The van der Waals surface area contributed by atoms with Crippen LogP contribution in [0.25, 0.3) is 89.7 Å². The smallest absolute Gasteiger partial charge is 0.167 e. The van der Waals surface area contributed by atoms with Gasteiger partial charge in [0.05, 0.1) is 5.56 Å². The molecule has 11 rings (SSSR count). The lowest BCUT2D eigenvalue weighted by molar-refractivity contribution is 0.665. The number of rotatable bonds is 4. The van der Waals surface area contributed by atoms with Gasteiger partial charge in [0.2, 0.25) is 0 Å². The molecule has 5 nitrogen and oxygen atoms in total. The van der Waals surface area contributed by atoms with E-state index in [1.54, 1.807) is 0 Å². The highest BCUT2D eigenvalue weighted by molar-refractivity contribution is 6.12. The normalized spacial score (nSPS) is 16.4. The predicted octanol–water partition coefficient (Wildman–Crippen LogP) is 10.1. The molecule has 0 amide bonds. The molecule has 0 saturated carbocycles. The first kappa shape index (κ1) is 28.9. The lowest BCUT2D eigenvalue weighted by atomic mass is 9.74. The summed E-state index contributed by atoms with van der Waals surface area (Å²) in [7, 11) is 0. The Hall–Kier alpha value is -6.85. The fraction of sp³-hybridized carbons (Fsp3) is 0.0426. The number of aromatic nitrogens is 3. The predicted molar refractivity (Wildman–Crippen MR) is 209 cm³/mol. The molecule has 0 saturated heterocycles. The van der Waals surface area contributed by atoms with Crippen molar-refractivity contribution in [1.29, 1.82) is 0 Å². The summed E-state index contributed by atoms with van der Waals surface area (Å²) in [6.07, 6.45) is 11.3. The van der Waals surface area contributed by atoms with Gasteiger partial charge in [-0.1, -0.05) is 134 Å². The molecule has 244 valence electrons. The Kier molecular flexibility index (Phi) is 6.31. The van der Waals surface area contributed by atoms with Crippen LogP contribution in [0.15, 0.2) is 167 Å². The monoisotopic (exact) mass is 667 g/mol. The lowest BCUT2D eigenvalue weighted by Crippen LogP contribution is -2.35. The summed E-state index contributed by atoms with van der Waals surface area (Å²) in [5.41, 5.74) is 8.30. The quantitative estimate of drug-likeness (QED) is 0.187.